The number of phenols is 7. The number of ketones is 2. The second kappa shape index (κ2) is 11.4. The standard InChI is InChI=1S/C35H30O11/c1-15-10-23(19-5-2-16(36)12-26(19)40)29(31(42)20-6-3-17(37)13-27(20)41)24(11-15)30-25(39)9-8-22(32(30)43)35-34(45)33(44)21-7-4-18(38)14-28(21)46-35/h2-9,11-14,23-24,29,34-41,43,45H,10H2,1H3/t23-,24-,29-,34-,35+/m1/s1. The Bertz CT molecular complexity index is 1930. The molecule has 0 saturated carbocycles. The summed E-state index contributed by atoms with van der Waals surface area (Å²) in [6.07, 6.45) is -1.31. The number of benzene rings is 4. The van der Waals surface area contributed by atoms with Gasteiger partial charge in [-0.1, -0.05) is 17.7 Å². The van der Waals surface area contributed by atoms with E-state index in [2.05, 4.69) is 0 Å². The van der Waals surface area contributed by atoms with E-state index in [-0.39, 0.29) is 63.0 Å². The highest BCUT2D eigenvalue weighted by Crippen LogP contribution is 2.54. The number of hydrogen-bond donors (Lipinski definition) is 8. The van der Waals surface area contributed by atoms with Gasteiger partial charge in [0.1, 0.15) is 46.0 Å². The fourth-order valence-electron chi connectivity index (χ4n) is 6.58. The third-order valence-corrected chi connectivity index (χ3v) is 8.69. The number of hydrogen-bond acceptors (Lipinski definition) is 11. The van der Waals surface area contributed by atoms with Crippen LogP contribution in [0.5, 0.6) is 46.0 Å². The number of aromatic hydroxyl groups is 7. The van der Waals surface area contributed by atoms with Crippen molar-refractivity contribution >= 4 is 11.6 Å². The fourth-order valence-corrected chi connectivity index (χ4v) is 6.58. The van der Waals surface area contributed by atoms with Crippen molar-refractivity contribution in [2.24, 2.45) is 5.92 Å². The van der Waals surface area contributed by atoms with Crippen molar-refractivity contribution in [1.82, 2.24) is 0 Å². The van der Waals surface area contributed by atoms with E-state index < -0.39 is 58.8 Å². The van der Waals surface area contributed by atoms with Crippen molar-refractivity contribution in [3.63, 3.8) is 0 Å². The van der Waals surface area contributed by atoms with E-state index in [0.29, 0.717) is 0 Å². The first-order valence-electron chi connectivity index (χ1n) is 14.4. The lowest BCUT2D eigenvalue weighted by atomic mass is 9.65. The minimum atomic E-state index is -1.77. The van der Waals surface area contributed by atoms with Gasteiger partial charge in [0.2, 0.25) is 0 Å². The maximum absolute atomic E-state index is 14.4. The highest BCUT2D eigenvalue weighted by molar-refractivity contribution is 6.03. The van der Waals surface area contributed by atoms with Gasteiger partial charge in [-0.25, -0.2) is 0 Å². The van der Waals surface area contributed by atoms with Crippen molar-refractivity contribution in [3.8, 4) is 46.0 Å². The Balaban J connectivity index is 1.53. The zero-order valence-electron chi connectivity index (χ0n) is 24.3. The second-order valence-corrected chi connectivity index (χ2v) is 11.6. The summed E-state index contributed by atoms with van der Waals surface area (Å²) in [5, 5.41) is 85.2. The fraction of sp³-hybridized carbons (Fsp3) is 0.200. The molecule has 11 nitrogen and oxygen atoms in total. The molecular formula is C35H30O11. The van der Waals surface area contributed by atoms with E-state index in [9.17, 15) is 50.4 Å². The molecule has 0 fully saturated rings. The van der Waals surface area contributed by atoms with Gasteiger partial charge < -0.3 is 45.6 Å². The van der Waals surface area contributed by atoms with E-state index in [1.165, 1.54) is 54.6 Å². The molecule has 1 aliphatic heterocycles. The molecule has 4 aromatic carbocycles. The Morgan fingerprint density at radius 2 is 1.39 bits per heavy atom. The molecule has 2 aliphatic rings. The molecule has 0 aromatic heterocycles. The molecular weight excluding hydrogens is 596 g/mol. The van der Waals surface area contributed by atoms with Crippen LogP contribution in [0.3, 0.4) is 0 Å². The summed E-state index contributed by atoms with van der Waals surface area (Å²) in [6.45, 7) is 1.77. The molecule has 46 heavy (non-hydrogen) atoms. The van der Waals surface area contributed by atoms with Gasteiger partial charge >= 0.3 is 0 Å². The summed E-state index contributed by atoms with van der Waals surface area (Å²) in [6, 6.07) is 13.7. The normalized spacial score (nSPS) is 22.4. The topological polar surface area (TPSA) is 205 Å². The minimum absolute atomic E-state index is 0.0264. The van der Waals surface area contributed by atoms with Crippen LogP contribution in [0, 0.1) is 5.92 Å². The molecule has 236 valence electrons. The van der Waals surface area contributed by atoms with Gasteiger partial charge in [-0.05, 0) is 61.4 Å². The molecule has 6 rings (SSSR count). The number of ether oxygens (including phenoxy) is 1. The van der Waals surface area contributed by atoms with Crippen LogP contribution < -0.4 is 4.74 Å². The van der Waals surface area contributed by atoms with E-state index in [1.54, 1.807) is 13.0 Å². The van der Waals surface area contributed by atoms with Crippen molar-refractivity contribution in [3.05, 3.63) is 106 Å². The number of carbonyl (C=O) groups is 2. The number of carbonyl (C=O) groups excluding carboxylic acids is 2. The van der Waals surface area contributed by atoms with Crippen LogP contribution in [0.2, 0.25) is 0 Å². The van der Waals surface area contributed by atoms with Crippen LogP contribution >= 0.6 is 0 Å². The van der Waals surface area contributed by atoms with Crippen LogP contribution in [0.15, 0.2) is 78.4 Å². The molecule has 1 aliphatic carbocycles. The average molecular weight is 627 g/mol. The molecule has 8 N–H and O–H groups in total. The van der Waals surface area contributed by atoms with Crippen LogP contribution in [0.1, 0.15) is 68.7 Å². The number of allylic oxidation sites excluding steroid dienone is 2. The maximum Gasteiger partial charge on any atom is 0.199 e. The third-order valence-electron chi connectivity index (χ3n) is 8.69. The molecule has 11 heteroatoms. The van der Waals surface area contributed by atoms with Crippen molar-refractivity contribution in [1.29, 1.82) is 0 Å². The first-order valence-corrected chi connectivity index (χ1v) is 14.4. The highest BCUT2D eigenvalue weighted by Gasteiger charge is 2.45. The highest BCUT2D eigenvalue weighted by atomic mass is 16.5. The first-order chi connectivity index (χ1) is 21.8. The summed E-state index contributed by atoms with van der Waals surface area (Å²) in [5.41, 5.74) is 0.659. The molecule has 1 heterocycles. The molecule has 0 radical (unpaired) electrons. The molecule has 0 unspecified atom stereocenters. The average Bonchev–Trinajstić information content (AvgIpc) is 2.99. The van der Waals surface area contributed by atoms with E-state index in [4.69, 9.17) is 4.74 Å². The van der Waals surface area contributed by atoms with Gasteiger partial charge in [0.15, 0.2) is 23.8 Å². The summed E-state index contributed by atoms with van der Waals surface area (Å²) < 4.78 is 5.89. The SMILES string of the molecule is CC1=C[C@@H](c2c(O)ccc([C@@H]3Oc4cc(O)ccc4C(=O)[C@H]3O)c2O)[C@H](C(=O)c2ccc(O)cc2O)[C@@H](c2ccc(O)cc2O)C1. The zero-order valence-corrected chi connectivity index (χ0v) is 24.3. The Morgan fingerprint density at radius 3 is 2.09 bits per heavy atom. The lowest BCUT2D eigenvalue weighted by molar-refractivity contribution is 0.0207. The van der Waals surface area contributed by atoms with Crippen molar-refractivity contribution < 1.29 is 55.2 Å². The largest absolute Gasteiger partial charge is 0.508 e. The monoisotopic (exact) mass is 626 g/mol. The van der Waals surface area contributed by atoms with Gasteiger partial charge in [0, 0.05) is 47.1 Å². The lowest BCUT2D eigenvalue weighted by Crippen LogP contribution is -2.36. The lowest BCUT2D eigenvalue weighted by Gasteiger charge is -2.38. The van der Waals surface area contributed by atoms with Gasteiger partial charge in [0.05, 0.1) is 11.1 Å². The van der Waals surface area contributed by atoms with E-state index in [0.717, 1.165) is 17.7 Å². The summed E-state index contributed by atoms with van der Waals surface area (Å²) in [5.74, 6) is -6.94. The maximum atomic E-state index is 14.4. The van der Waals surface area contributed by atoms with Crippen molar-refractivity contribution in [2.75, 3.05) is 0 Å². The van der Waals surface area contributed by atoms with E-state index >= 15 is 0 Å². The Labute approximate surface area is 262 Å². The van der Waals surface area contributed by atoms with Gasteiger partial charge in [0.25, 0.3) is 0 Å². The van der Waals surface area contributed by atoms with Gasteiger partial charge in [-0.15, -0.1) is 0 Å². The Morgan fingerprint density at radius 1 is 0.761 bits per heavy atom. The van der Waals surface area contributed by atoms with E-state index in [1.807, 2.05) is 0 Å². The smallest absolute Gasteiger partial charge is 0.199 e. The number of fused-ring (bicyclic) bond motifs is 1. The predicted octanol–water partition coefficient (Wildman–Crippen LogP) is 5.02. The second-order valence-electron chi connectivity index (χ2n) is 11.6. The number of rotatable bonds is 5. The number of aliphatic hydroxyl groups excluding tert-OH is 1. The zero-order chi connectivity index (χ0) is 33.0. The van der Waals surface area contributed by atoms with Crippen molar-refractivity contribution in [2.45, 2.75) is 37.4 Å². The van der Waals surface area contributed by atoms with Crippen LogP contribution in [-0.4, -0.2) is 58.5 Å². The molecule has 0 bridgehead atoms. The predicted molar refractivity (Wildman–Crippen MR) is 163 cm³/mol. The quantitative estimate of drug-likeness (QED) is 0.109. The van der Waals surface area contributed by atoms with Gasteiger partial charge in [-0.2, -0.15) is 0 Å². The van der Waals surface area contributed by atoms with Crippen LogP contribution in [0.4, 0.5) is 0 Å². The third kappa shape index (κ3) is 5.10. The van der Waals surface area contributed by atoms with Crippen LogP contribution in [-0.2, 0) is 0 Å². The summed E-state index contributed by atoms with van der Waals surface area (Å²) in [7, 11) is 0. The first kappa shape index (κ1) is 30.4. The molecule has 0 amide bonds. The molecule has 5 atom stereocenters. The van der Waals surface area contributed by atoms with Crippen LogP contribution in [0.25, 0.3) is 0 Å². The molecule has 0 spiro atoms. The molecule has 4 aromatic rings. The summed E-state index contributed by atoms with van der Waals surface area (Å²) in [4.78, 5) is 27.4. The number of Topliss-reactive ketones (excluding diaryl/α,β-unsaturated/α-hetero) is 2. The minimum Gasteiger partial charge on any atom is -0.508 e. The summed E-state index contributed by atoms with van der Waals surface area (Å²) >= 11 is 0. The number of aliphatic hydroxyl groups is 1. The Kier molecular flexibility index (Phi) is 7.49. The number of phenolic OH excluding ortho intramolecular Hbond substituents is 7. The van der Waals surface area contributed by atoms with Gasteiger partial charge in [-0.3, -0.25) is 9.59 Å². The molecule has 0 saturated heterocycles. The Hall–Kier alpha value is -5.68.